The third-order valence-electron chi connectivity index (χ3n) is 1.72. The van der Waals surface area contributed by atoms with E-state index in [1.165, 1.54) is 7.11 Å². The molecule has 0 aromatic rings. The lowest BCUT2D eigenvalue weighted by Gasteiger charge is -2.14. The molecule has 6 heteroatoms. The molecule has 0 radical (unpaired) electrons. The van der Waals surface area contributed by atoms with E-state index in [0.29, 0.717) is 0 Å². The summed E-state index contributed by atoms with van der Waals surface area (Å²) in [6, 6.07) is 0.870. The Labute approximate surface area is 87.8 Å². The zero-order chi connectivity index (χ0) is 11.8. The number of carbonyl (C=O) groups excluding carboxylic acids is 1. The van der Waals surface area contributed by atoms with Crippen LogP contribution in [0.3, 0.4) is 0 Å². The first-order chi connectivity index (χ1) is 7.01. The molecule has 0 saturated carbocycles. The van der Waals surface area contributed by atoms with Crippen LogP contribution in [0.25, 0.3) is 0 Å². The van der Waals surface area contributed by atoms with E-state index in [1.54, 1.807) is 6.92 Å². The van der Waals surface area contributed by atoms with Gasteiger partial charge in [0, 0.05) is 13.0 Å². The predicted molar refractivity (Wildman–Crippen MR) is 50.8 cm³/mol. The predicted octanol–water partition coefficient (Wildman–Crippen LogP) is -0.248. The van der Waals surface area contributed by atoms with Crippen molar-refractivity contribution in [1.29, 1.82) is 5.26 Å². The Kier molecular flexibility index (Phi) is 6.06. The number of nitrogens with zero attached hydrogens (tertiary/aromatic N) is 1. The summed E-state index contributed by atoms with van der Waals surface area (Å²) in [4.78, 5) is 21.8. The molecule has 0 spiro atoms. The Hall–Kier alpha value is -1.61. The van der Waals surface area contributed by atoms with E-state index in [9.17, 15) is 9.59 Å². The number of ether oxygens (including phenoxy) is 1. The molecular formula is C9H14N2O4. The van der Waals surface area contributed by atoms with Gasteiger partial charge in [-0.05, 0) is 13.3 Å². The van der Waals surface area contributed by atoms with E-state index in [0.717, 1.165) is 0 Å². The number of hydrogen-bond donors (Lipinski definition) is 2. The fraction of sp³-hybridized carbons (Fsp3) is 0.667. The minimum absolute atomic E-state index is 0.0846. The monoisotopic (exact) mass is 214 g/mol. The second-order valence-corrected chi connectivity index (χ2v) is 3.16. The molecule has 0 unspecified atom stereocenters. The van der Waals surface area contributed by atoms with Crippen LogP contribution in [0, 0.1) is 17.2 Å². The first kappa shape index (κ1) is 13.4. The third-order valence-corrected chi connectivity index (χ3v) is 1.72. The molecule has 0 rings (SSSR count). The topological polar surface area (TPSA) is 99.4 Å². The van der Waals surface area contributed by atoms with Gasteiger partial charge in [0.1, 0.15) is 12.6 Å². The lowest BCUT2D eigenvalue weighted by Crippen LogP contribution is -2.43. The van der Waals surface area contributed by atoms with Crippen molar-refractivity contribution < 1.29 is 19.4 Å². The molecule has 0 aliphatic carbocycles. The van der Waals surface area contributed by atoms with Gasteiger partial charge in [0.25, 0.3) is 0 Å². The van der Waals surface area contributed by atoms with Gasteiger partial charge in [-0.15, -0.1) is 0 Å². The van der Waals surface area contributed by atoms with Crippen molar-refractivity contribution in [2.75, 3.05) is 13.7 Å². The molecule has 0 aromatic carbocycles. The molecule has 0 heterocycles. The van der Waals surface area contributed by atoms with Crippen molar-refractivity contribution in [3.05, 3.63) is 0 Å². The summed E-state index contributed by atoms with van der Waals surface area (Å²) in [5.74, 6) is -2.08. The van der Waals surface area contributed by atoms with E-state index in [4.69, 9.17) is 10.4 Å². The standard InChI is InChI=1S/C9H14N2O4/c1-6(4-10)3-7(9(13)14)11-8(12)5-15-2/h6-7H,3,5H2,1-2H3,(H,11,12)(H,13,14)/t6-,7-/m0/s1. The summed E-state index contributed by atoms with van der Waals surface area (Å²) in [5, 5.41) is 19.6. The van der Waals surface area contributed by atoms with Gasteiger partial charge in [-0.25, -0.2) is 4.79 Å². The molecule has 2 N–H and O–H groups in total. The number of carboxylic acid groups (broad SMARTS) is 1. The molecule has 84 valence electrons. The molecule has 1 amide bonds. The summed E-state index contributed by atoms with van der Waals surface area (Å²) >= 11 is 0. The Balaban J connectivity index is 4.23. The van der Waals surface area contributed by atoms with Crippen molar-refractivity contribution in [3.8, 4) is 6.07 Å². The van der Waals surface area contributed by atoms with Crippen molar-refractivity contribution in [2.24, 2.45) is 5.92 Å². The number of nitrogens with one attached hydrogen (secondary N) is 1. The number of aliphatic carboxylic acids is 1. The number of methoxy groups -OCH3 is 1. The molecule has 0 aliphatic rings. The van der Waals surface area contributed by atoms with Crippen molar-refractivity contribution in [3.63, 3.8) is 0 Å². The number of carbonyl (C=O) groups is 2. The molecule has 2 atom stereocenters. The third kappa shape index (κ3) is 5.65. The minimum atomic E-state index is -1.15. The number of carboxylic acids is 1. The van der Waals surface area contributed by atoms with E-state index in [-0.39, 0.29) is 13.0 Å². The summed E-state index contributed by atoms with van der Waals surface area (Å²) in [5.41, 5.74) is 0. The van der Waals surface area contributed by atoms with Gasteiger partial charge in [0.2, 0.25) is 5.91 Å². The van der Waals surface area contributed by atoms with Crippen LogP contribution in [0.1, 0.15) is 13.3 Å². The maximum absolute atomic E-state index is 11.0. The van der Waals surface area contributed by atoms with E-state index in [1.807, 2.05) is 6.07 Å². The first-order valence-corrected chi connectivity index (χ1v) is 4.42. The van der Waals surface area contributed by atoms with Gasteiger partial charge in [-0.1, -0.05) is 0 Å². The summed E-state index contributed by atoms with van der Waals surface area (Å²) in [7, 11) is 1.34. The van der Waals surface area contributed by atoms with E-state index >= 15 is 0 Å². The number of hydrogen-bond acceptors (Lipinski definition) is 4. The van der Waals surface area contributed by atoms with Crippen LogP contribution in [0.2, 0.25) is 0 Å². The SMILES string of the molecule is COCC(=O)N[C@@H](C[C@H](C)C#N)C(=O)O. The number of nitriles is 1. The van der Waals surface area contributed by atoms with E-state index < -0.39 is 23.8 Å². The fourth-order valence-electron chi connectivity index (χ4n) is 0.995. The fourth-order valence-corrected chi connectivity index (χ4v) is 0.995. The molecule has 6 nitrogen and oxygen atoms in total. The maximum atomic E-state index is 11.0. The van der Waals surface area contributed by atoms with Gasteiger partial charge in [-0.3, -0.25) is 4.79 Å². The Morgan fingerprint density at radius 3 is 2.60 bits per heavy atom. The van der Waals surface area contributed by atoms with Crippen LogP contribution in [0.15, 0.2) is 0 Å². The minimum Gasteiger partial charge on any atom is -0.480 e. The van der Waals surface area contributed by atoms with Gasteiger partial charge >= 0.3 is 5.97 Å². The second kappa shape index (κ2) is 6.79. The quantitative estimate of drug-likeness (QED) is 0.635. The number of rotatable bonds is 6. The van der Waals surface area contributed by atoms with Gasteiger partial charge in [0.05, 0.1) is 6.07 Å². The van der Waals surface area contributed by atoms with Crippen LogP contribution < -0.4 is 5.32 Å². The van der Waals surface area contributed by atoms with Crippen LogP contribution in [0.4, 0.5) is 0 Å². The first-order valence-electron chi connectivity index (χ1n) is 4.42. The molecule has 0 saturated heterocycles. The van der Waals surface area contributed by atoms with Crippen molar-refractivity contribution in [2.45, 2.75) is 19.4 Å². The smallest absolute Gasteiger partial charge is 0.326 e. The maximum Gasteiger partial charge on any atom is 0.326 e. The zero-order valence-corrected chi connectivity index (χ0v) is 8.69. The van der Waals surface area contributed by atoms with Gasteiger partial charge < -0.3 is 15.2 Å². The summed E-state index contributed by atoms with van der Waals surface area (Å²) < 4.78 is 4.55. The van der Waals surface area contributed by atoms with E-state index in [2.05, 4.69) is 10.1 Å². The van der Waals surface area contributed by atoms with Gasteiger partial charge in [0.15, 0.2) is 0 Å². The highest BCUT2D eigenvalue weighted by atomic mass is 16.5. The van der Waals surface area contributed by atoms with Crippen LogP contribution in [-0.2, 0) is 14.3 Å². The average Bonchev–Trinajstić information content (AvgIpc) is 2.16. The Morgan fingerprint density at radius 1 is 1.60 bits per heavy atom. The molecule has 15 heavy (non-hydrogen) atoms. The molecule has 0 fully saturated rings. The van der Waals surface area contributed by atoms with Crippen LogP contribution >= 0.6 is 0 Å². The average molecular weight is 214 g/mol. The van der Waals surface area contributed by atoms with Crippen molar-refractivity contribution in [1.82, 2.24) is 5.32 Å². The lowest BCUT2D eigenvalue weighted by molar-refractivity contribution is -0.142. The molecule has 0 aliphatic heterocycles. The number of amides is 1. The van der Waals surface area contributed by atoms with Crippen molar-refractivity contribution >= 4 is 11.9 Å². The largest absolute Gasteiger partial charge is 0.480 e. The summed E-state index contributed by atoms with van der Waals surface area (Å²) in [6.07, 6.45) is 0.0846. The van der Waals surface area contributed by atoms with Crippen LogP contribution in [0.5, 0.6) is 0 Å². The Bertz CT molecular complexity index is 272. The van der Waals surface area contributed by atoms with Crippen LogP contribution in [-0.4, -0.2) is 36.7 Å². The molecule has 0 bridgehead atoms. The lowest BCUT2D eigenvalue weighted by atomic mass is 10.0. The highest BCUT2D eigenvalue weighted by Crippen LogP contribution is 2.04. The highest BCUT2D eigenvalue weighted by molar-refractivity contribution is 5.84. The summed E-state index contributed by atoms with van der Waals surface area (Å²) in [6.45, 7) is 1.41. The molecule has 0 aromatic heterocycles. The second-order valence-electron chi connectivity index (χ2n) is 3.16. The van der Waals surface area contributed by atoms with Gasteiger partial charge in [-0.2, -0.15) is 5.26 Å². The molecular weight excluding hydrogens is 200 g/mol. The highest BCUT2D eigenvalue weighted by Gasteiger charge is 2.22. The zero-order valence-electron chi connectivity index (χ0n) is 8.69. The Morgan fingerprint density at radius 2 is 2.20 bits per heavy atom. The normalized spacial score (nSPS) is 13.7.